The monoisotopic (exact) mass is 240 g/mol. The first-order valence-electron chi connectivity index (χ1n) is 4.92. The molecule has 0 saturated carbocycles. The highest BCUT2D eigenvalue weighted by Gasteiger charge is 2.25. The molecule has 1 aromatic rings. The Morgan fingerprint density at radius 3 is 2.81 bits per heavy atom. The van der Waals surface area contributed by atoms with Crippen molar-refractivity contribution in [2.75, 3.05) is 25.6 Å². The van der Waals surface area contributed by atoms with Crippen LogP contribution in [0.4, 0.5) is 11.4 Å². The van der Waals surface area contributed by atoms with E-state index in [0.717, 1.165) is 0 Å². The summed E-state index contributed by atoms with van der Waals surface area (Å²) in [6.45, 7) is 1.34. The zero-order valence-corrected chi connectivity index (χ0v) is 9.62. The number of thioether (sulfide) groups is 1. The van der Waals surface area contributed by atoms with E-state index < -0.39 is 0 Å². The van der Waals surface area contributed by atoms with E-state index in [1.54, 1.807) is 19.2 Å². The molecule has 5 nitrogen and oxygen atoms in total. The van der Waals surface area contributed by atoms with Gasteiger partial charge >= 0.3 is 5.69 Å². The van der Waals surface area contributed by atoms with Gasteiger partial charge in [-0.15, -0.1) is 11.8 Å². The third kappa shape index (κ3) is 2.12. The molecule has 0 atom stereocenters. The van der Waals surface area contributed by atoms with Crippen molar-refractivity contribution in [1.82, 2.24) is 0 Å². The molecule has 0 radical (unpaired) electrons. The maximum Gasteiger partial charge on any atom is 0.305 e. The standard InChI is InChI=1S/C10H12N2O3S/c1-11-8-3-2-4-9(10(8)12(13)14)16-7-5-15-6-7/h2-4,7,11H,5-6H2,1H3. The summed E-state index contributed by atoms with van der Waals surface area (Å²) in [6, 6.07) is 5.31. The minimum Gasteiger partial charge on any atom is -0.383 e. The summed E-state index contributed by atoms with van der Waals surface area (Å²) in [6.07, 6.45) is 0. The topological polar surface area (TPSA) is 64.4 Å². The van der Waals surface area contributed by atoms with E-state index in [0.29, 0.717) is 29.0 Å². The molecule has 0 amide bonds. The fourth-order valence-corrected chi connectivity index (χ4v) is 2.61. The lowest BCUT2D eigenvalue weighted by Crippen LogP contribution is -2.30. The molecular formula is C10H12N2O3S. The average Bonchev–Trinajstić information content (AvgIpc) is 2.22. The molecule has 6 heteroatoms. The van der Waals surface area contributed by atoms with E-state index in [9.17, 15) is 10.1 Å². The molecule has 1 saturated heterocycles. The molecule has 0 unspecified atom stereocenters. The molecule has 0 spiro atoms. The van der Waals surface area contributed by atoms with Crippen LogP contribution in [0.2, 0.25) is 0 Å². The van der Waals surface area contributed by atoms with Gasteiger partial charge in [0, 0.05) is 7.05 Å². The normalized spacial score (nSPS) is 15.6. The summed E-state index contributed by atoms with van der Waals surface area (Å²) in [5, 5.41) is 14.2. The molecule has 0 aliphatic carbocycles. The van der Waals surface area contributed by atoms with Crippen molar-refractivity contribution in [1.29, 1.82) is 0 Å². The SMILES string of the molecule is CNc1cccc(SC2COC2)c1[N+](=O)[O-]. The number of rotatable bonds is 4. The van der Waals surface area contributed by atoms with Crippen LogP contribution in [0.1, 0.15) is 0 Å². The lowest BCUT2D eigenvalue weighted by Gasteiger charge is -2.25. The summed E-state index contributed by atoms with van der Waals surface area (Å²) >= 11 is 1.51. The van der Waals surface area contributed by atoms with Crippen molar-refractivity contribution in [2.45, 2.75) is 10.1 Å². The van der Waals surface area contributed by atoms with Gasteiger partial charge in [-0.05, 0) is 12.1 Å². The van der Waals surface area contributed by atoms with Crippen LogP contribution < -0.4 is 5.32 Å². The van der Waals surface area contributed by atoms with Gasteiger partial charge in [0.05, 0.1) is 28.3 Å². The molecule has 1 N–H and O–H groups in total. The quantitative estimate of drug-likeness (QED) is 0.645. The van der Waals surface area contributed by atoms with Gasteiger partial charge in [0.15, 0.2) is 0 Å². The number of para-hydroxylation sites is 1. The Morgan fingerprint density at radius 1 is 1.56 bits per heavy atom. The number of nitro groups is 1. The molecular weight excluding hydrogens is 228 g/mol. The predicted octanol–water partition coefficient (Wildman–Crippen LogP) is 2.13. The zero-order chi connectivity index (χ0) is 11.5. The Balaban J connectivity index is 2.30. The molecule has 2 rings (SSSR count). The van der Waals surface area contributed by atoms with Crippen LogP contribution in [0.3, 0.4) is 0 Å². The van der Waals surface area contributed by atoms with E-state index >= 15 is 0 Å². The Bertz CT molecular complexity index is 407. The summed E-state index contributed by atoms with van der Waals surface area (Å²) in [5.74, 6) is 0. The van der Waals surface area contributed by atoms with Crippen LogP contribution in [0.25, 0.3) is 0 Å². The maximum absolute atomic E-state index is 11.0. The minimum absolute atomic E-state index is 0.155. The number of hydrogen-bond acceptors (Lipinski definition) is 5. The first-order valence-corrected chi connectivity index (χ1v) is 5.80. The Labute approximate surface area is 97.3 Å². The number of nitro benzene ring substituents is 1. The predicted molar refractivity (Wildman–Crippen MR) is 63.1 cm³/mol. The fourth-order valence-electron chi connectivity index (χ4n) is 1.47. The number of ether oxygens (including phenoxy) is 1. The van der Waals surface area contributed by atoms with Crippen LogP contribution in [0.5, 0.6) is 0 Å². The number of nitrogens with one attached hydrogen (secondary N) is 1. The molecule has 0 bridgehead atoms. The van der Waals surface area contributed by atoms with Crippen molar-refractivity contribution >= 4 is 23.1 Å². The molecule has 1 aliphatic rings. The highest BCUT2D eigenvalue weighted by Crippen LogP contribution is 2.38. The van der Waals surface area contributed by atoms with E-state index in [-0.39, 0.29) is 10.6 Å². The summed E-state index contributed by atoms with van der Waals surface area (Å²) < 4.78 is 5.06. The van der Waals surface area contributed by atoms with Gasteiger partial charge in [-0.2, -0.15) is 0 Å². The molecule has 86 valence electrons. The minimum atomic E-state index is -0.340. The molecule has 1 aliphatic heterocycles. The molecule has 16 heavy (non-hydrogen) atoms. The van der Waals surface area contributed by atoms with Crippen LogP contribution in [0.15, 0.2) is 23.1 Å². The van der Waals surface area contributed by atoms with E-state index in [4.69, 9.17) is 4.74 Å². The van der Waals surface area contributed by atoms with Crippen LogP contribution in [0, 0.1) is 10.1 Å². The smallest absolute Gasteiger partial charge is 0.305 e. The second-order valence-corrected chi connectivity index (χ2v) is 4.78. The number of hydrogen-bond donors (Lipinski definition) is 1. The van der Waals surface area contributed by atoms with Gasteiger partial charge in [0.25, 0.3) is 0 Å². The van der Waals surface area contributed by atoms with Gasteiger partial charge < -0.3 is 10.1 Å². The van der Waals surface area contributed by atoms with Crippen molar-refractivity contribution in [3.05, 3.63) is 28.3 Å². The van der Waals surface area contributed by atoms with Gasteiger partial charge in [0.2, 0.25) is 0 Å². The van der Waals surface area contributed by atoms with E-state index in [1.807, 2.05) is 6.07 Å². The third-order valence-corrected chi connectivity index (χ3v) is 3.54. The zero-order valence-electron chi connectivity index (χ0n) is 8.80. The van der Waals surface area contributed by atoms with Crippen molar-refractivity contribution in [3.8, 4) is 0 Å². The second-order valence-electron chi connectivity index (χ2n) is 3.44. The van der Waals surface area contributed by atoms with E-state index in [2.05, 4.69) is 5.32 Å². The lowest BCUT2D eigenvalue weighted by atomic mass is 10.2. The largest absolute Gasteiger partial charge is 0.383 e. The average molecular weight is 240 g/mol. The maximum atomic E-state index is 11.0. The lowest BCUT2D eigenvalue weighted by molar-refractivity contribution is -0.386. The van der Waals surface area contributed by atoms with Crippen molar-refractivity contribution in [2.24, 2.45) is 0 Å². The number of anilines is 1. The van der Waals surface area contributed by atoms with Crippen molar-refractivity contribution in [3.63, 3.8) is 0 Å². The van der Waals surface area contributed by atoms with Gasteiger partial charge in [-0.1, -0.05) is 6.07 Å². The molecule has 1 aromatic carbocycles. The highest BCUT2D eigenvalue weighted by atomic mass is 32.2. The summed E-state index contributed by atoms with van der Waals surface area (Å²) in [4.78, 5) is 11.4. The highest BCUT2D eigenvalue weighted by molar-refractivity contribution is 8.00. The fraction of sp³-hybridized carbons (Fsp3) is 0.400. The first kappa shape index (κ1) is 11.2. The van der Waals surface area contributed by atoms with Crippen molar-refractivity contribution < 1.29 is 9.66 Å². The van der Waals surface area contributed by atoms with Crippen LogP contribution in [-0.2, 0) is 4.74 Å². The van der Waals surface area contributed by atoms with Gasteiger partial charge in [-0.3, -0.25) is 10.1 Å². The Morgan fingerprint density at radius 2 is 2.31 bits per heavy atom. The molecule has 0 aromatic heterocycles. The summed E-state index contributed by atoms with van der Waals surface area (Å²) in [5.41, 5.74) is 0.706. The Kier molecular flexibility index (Phi) is 3.31. The van der Waals surface area contributed by atoms with Crippen LogP contribution >= 0.6 is 11.8 Å². The summed E-state index contributed by atoms with van der Waals surface area (Å²) in [7, 11) is 1.68. The number of nitrogens with zero attached hydrogens (tertiary/aromatic N) is 1. The molecule has 1 fully saturated rings. The molecule has 1 heterocycles. The first-order chi connectivity index (χ1) is 7.72. The second kappa shape index (κ2) is 4.71. The van der Waals surface area contributed by atoms with Gasteiger partial charge in [-0.25, -0.2) is 0 Å². The Hall–Kier alpha value is -1.27. The van der Waals surface area contributed by atoms with Gasteiger partial charge in [0.1, 0.15) is 5.69 Å². The third-order valence-electron chi connectivity index (χ3n) is 2.35. The van der Waals surface area contributed by atoms with Crippen LogP contribution in [-0.4, -0.2) is 30.4 Å². The van der Waals surface area contributed by atoms with E-state index in [1.165, 1.54) is 11.8 Å². The number of benzene rings is 1.